The molecule has 1 aromatic rings. The molecule has 1 aromatic heterocycles. The van der Waals surface area contributed by atoms with Gasteiger partial charge in [0.25, 0.3) is 0 Å². The minimum atomic E-state index is 0.416. The SMILES string of the molecule is CCc1nn(CC)c(CC(CCCOC)NC)c1Cl. The Hall–Kier alpha value is -0.580. The van der Waals surface area contributed by atoms with Gasteiger partial charge in [-0.1, -0.05) is 18.5 Å². The molecule has 5 heteroatoms. The summed E-state index contributed by atoms with van der Waals surface area (Å²) in [6.45, 7) is 5.86. The molecule has 1 N–H and O–H groups in total. The summed E-state index contributed by atoms with van der Waals surface area (Å²) in [6.07, 6.45) is 3.93. The first-order valence-electron chi connectivity index (χ1n) is 7.08. The van der Waals surface area contributed by atoms with E-state index in [0.717, 1.165) is 55.2 Å². The first kappa shape index (κ1) is 16.5. The van der Waals surface area contributed by atoms with Gasteiger partial charge in [-0.15, -0.1) is 0 Å². The Bertz CT molecular complexity index is 379. The van der Waals surface area contributed by atoms with Crippen molar-refractivity contribution in [3.63, 3.8) is 0 Å². The first-order valence-corrected chi connectivity index (χ1v) is 7.45. The Morgan fingerprint density at radius 3 is 2.68 bits per heavy atom. The van der Waals surface area contributed by atoms with Crippen molar-refractivity contribution in [2.24, 2.45) is 0 Å². The molecule has 1 heterocycles. The standard InChI is InChI=1S/C14H26ClN3O/c1-5-12-14(15)13(18(6-2)17-12)10-11(16-3)8-7-9-19-4/h11,16H,5-10H2,1-4H3. The largest absolute Gasteiger partial charge is 0.385 e. The summed E-state index contributed by atoms with van der Waals surface area (Å²) >= 11 is 6.43. The van der Waals surface area contributed by atoms with Crippen LogP contribution in [0.5, 0.6) is 0 Å². The molecule has 1 unspecified atom stereocenters. The fourth-order valence-electron chi connectivity index (χ4n) is 2.27. The number of methoxy groups -OCH3 is 1. The van der Waals surface area contributed by atoms with E-state index in [4.69, 9.17) is 16.3 Å². The Kier molecular flexibility index (Phi) is 7.42. The van der Waals surface area contributed by atoms with Crippen molar-refractivity contribution in [3.05, 3.63) is 16.4 Å². The second-order valence-electron chi connectivity index (χ2n) is 4.70. The van der Waals surface area contributed by atoms with E-state index in [9.17, 15) is 0 Å². The maximum absolute atomic E-state index is 6.43. The van der Waals surface area contributed by atoms with Crippen molar-refractivity contribution in [2.45, 2.75) is 52.1 Å². The molecule has 0 bridgehead atoms. The van der Waals surface area contributed by atoms with E-state index >= 15 is 0 Å². The number of nitrogens with zero attached hydrogens (tertiary/aromatic N) is 2. The molecular formula is C14H26ClN3O. The second kappa shape index (κ2) is 8.56. The number of hydrogen-bond acceptors (Lipinski definition) is 3. The van der Waals surface area contributed by atoms with Gasteiger partial charge in [0.15, 0.2) is 0 Å². The van der Waals surface area contributed by atoms with Gasteiger partial charge in [-0.25, -0.2) is 0 Å². The number of hydrogen-bond donors (Lipinski definition) is 1. The van der Waals surface area contributed by atoms with Gasteiger partial charge in [-0.05, 0) is 33.2 Å². The van der Waals surface area contributed by atoms with Crippen LogP contribution >= 0.6 is 11.6 Å². The zero-order valence-corrected chi connectivity index (χ0v) is 13.3. The highest BCUT2D eigenvalue weighted by atomic mass is 35.5. The van der Waals surface area contributed by atoms with Gasteiger partial charge in [0, 0.05) is 32.7 Å². The van der Waals surface area contributed by atoms with Crippen LogP contribution in [0.3, 0.4) is 0 Å². The van der Waals surface area contributed by atoms with Gasteiger partial charge in [0.1, 0.15) is 0 Å². The van der Waals surface area contributed by atoms with E-state index < -0.39 is 0 Å². The number of aromatic nitrogens is 2. The maximum Gasteiger partial charge on any atom is 0.0850 e. The smallest absolute Gasteiger partial charge is 0.0850 e. The van der Waals surface area contributed by atoms with Gasteiger partial charge in [-0.2, -0.15) is 5.10 Å². The monoisotopic (exact) mass is 287 g/mol. The van der Waals surface area contributed by atoms with Gasteiger partial charge in [0.05, 0.1) is 16.4 Å². The summed E-state index contributed by atoms with van der Waals surface area (Å²) in [6, 6.07) is 0.416. The number of aryl methyl sites for hydroxylation is 2. The van der Waals surface area contributed by atoms with Crippen LogP contribution in [0.4, 0.5) is 0 Å². The Labute approximate surface area is 121 Å². The normalized spacial score (nSPS) is 12.9. The van der Waals surface area contributed by atoms with Crippen molar-refractivity contribution < 1.29 is 4.74 Å². The molecule has 4 nitrogen and oxygen atoms in total. The predicted octanol–water partition coefficient (Wildman–Crippen LogP) is 2.68. The van der Waals surface area contributed by atoms with Crippen LogP contribution in [0, 0.1) is 0 Å². The van der Waals surface area contributed by atoms with Crippen LogP contribution < -0.4 is 5.32 Å². The van der Waals surface area contributed by atoms with Gasteiger partial charge < -0.3 is 10.1 Å². The molecule has 0 saturated heterocycles. The van der Waals surface area contributed by atoms with Crippen LogP contribution in [0.2, 0.25) is 5.02 Å². The molecule has 0 aliphatic heterocycles. The summed E-state index contributed by atoms with van der Waals surface area (Å²) in [4.78, 5) is 0. The molecule has 110 valence electrons. The number of likely N-dealkylation sites (N-methyl/N-ethyl adjacent to an activating group) is 1. The second-order valence-corrected chi connectivity index (χ2v) is 5.08. The summed E-state index contributed by atoms with van der Waals surface area (Å²) in [5, 5.41) is 8.77. The van der Waals surface area contributed by atoms with E-state index in [1.165, 1.54) is 0 Å². The lowest BCUT2D eigenvalue weighted by molar-refractivity contribution is 0.189. The lowest BCUT2D eigenvalue weighted by Gasteiger charge is -2.17. The van der Waals surface area contributed by atoms with Crippen molar-refractivity contribution in [1.29, 1.82) is 0 Å². The lowest BCUT2D eigenvalue weighted by Crippen LogP contribution is -2.29. The van der Waals surface area contributed by atoms with Crippen molar-refractivity contribution >= 4 is 11.6 Å². The number of halogens is 1. The summed E-state index contributed by atoms with van der Waals surface area (Å²) in [7, 11) is 3.74. The molecule has 1 atom stereocenters. The predicted molar refractivity (Wildman–Crippen MR) is 80.0 cm³/mol. The third-order valence-corrected chi connectivity index (χ3v) is 3.88. The highest BCUT2D eigenvalue weighted by Crippen LogP contribution is 2.23. The highest BCUT2D eigenvalue weighted by molar-refractivity contribution is 6.31. The summed E-state index contributed by atoms with van der Waals surface area (Å²) in [5.74, 6) is 0. The Morgan fingerprint density at radius 2 is 2.16 bits per heavy atom. The van der Waals surface area contributed by atoms with Gasteiger partial charge in [0.2, 0.25) is 0 Å². The fourth-order valence-corrected chi connectivity index (χ4v) is 2.61. The van der Waals surface area contributed by atoms with Gasteiger partial charge in [-0.3, -0.25) is 4.68 Å². The van der Waals surface area contributed by atoms with E-state index in [2.05, 4.69) is 24.3 Å². The summed E-state index contributed by atoms with van der Waals surface area (Å²) < 4.78 is 7.14. The molecule has 19 heavy (non-hydrogen) atoms. The number of rotatable bonds is 9. The minimum absolute atomic E-state index is 0.416. The Morgan fingerprint density at radius 1 is 1.42 bits per heavy atom. The number of nitrogens with one attached hydrogen (secondary N) is 1. The molecule has 0 amide bonds. The molecular weight excluding hydrogens is 262 g/mol. The third-order valence-electron chi connectivity index (χ3n) is 3.44. The maximum atomic E-state index is 6.43. The van der Waals surface area contributed by atoms with E-state index in [1.807, 2.05) is 11.7 Å². The third kappa shape index (κ3) is 4.48. The summed E-state index contributed by atoms with van der Waals surface area (Å²) in [5.41, 5.74) is 2.16. The minimum Gasteiger partial charge on any atom is -0.385 e. The van der Waals surface area contributed by atoms with Crippen molar-refractivity contribution in [3.8, 4) is 0 Å². The Balaban J connectivity index is 2.75. The lowest BCUT2D eigenvalue weighted by atomic mass is 10.1. The average molecular weight is 288 g/mol. The topological polar surface area (TPSA) is 39.1 Å². The zero-order valence-electron chi connectivity index (χ0n) is 12.5. The van der Waals surface area contributed by atoms with Crippen molar-refractivity contribution in [2.75, 3.05) is 20.8 Å². The van der Waals surface area contributed by atoms with Crippen LogP contribution in [0.25, 0.3) is 0 Å². The highest BCUT2D eigenvalue weighted by Gasteiger charge is 2.17. The molecule has 0 spiro atoms. The molecule has 0 radical (unpaired) electrons. The first-order chi connectivity index (χ1) is 9.17. The average Bonchev–Trinajstić information content (AvgIpc) is 2.74. The van der Waals surface area contributed by atoms with E-state index in [1.54, 1.807) is 7.11 Å². The molecule has 0 aliphatic rings. The van der Waals surface area contributed by atoms with E-state index in [0.29, 0.717) is 6.04 Å². The molecule has 0 fully saturated rings. The zero-order chi connectivity index (χ0) is 14.3. The van der Waals surface area contributed by atoms with Crippen LogP contribution in [0.15, 0.2) is 0 Å². The number of ether oxygens (including phenoxy) is 1. The van der Waals surface area contributed by atoms with E-state index in [-0.39, 0.29) is 0 Å². The molecule has 1 rings (SSSR count). The van der Waals surface area contributed by atoms with Crippen molar-refractivity contribution in [1.82, 2.24) is 15.1 Å². The van der Waals surface area contributed by atoms with Crippen LogP contribution in [0.1, 0.15) is 38.1 Å². The molecule has 0 aliphatic carbocycles. The molecule has 0 aromatic carbocycles. The quantitative estimate of drug-likeness (QED) is 0.710. The van der Waals surface area contributed by atoms with Crippen LogP contribution in [-0.4, -0.2) is 36.6 Å². The molecule has 0 saturated carbocycles. The van der Waals surface area contributed by atoms with Crippen LogP contribution in [-0.2, 0) is 24.1 Å². The fraction of sp³-hybridized carbons (Fsp3) is 0.786. The van der Waals surface area contributed by atoms with Gasteiger partial charge >= 0.3 is 0 Å².